The van der Waals surface area contributed by atoms with Gasteiger partial charge < -0.3 is 14.7 Å². The molecule has 1 fully saturated rings. The van der Waals surface area contributed by atoms with Crippen molar-refractivity contribution in [3.63, 3.8) is 0 Å². The molecule has 0 aromatic carbocycles. The van der Waals surface area contributed by atoms with E-state index in [1.54, 1.807) is 14.7 Å². The van der Waals surface area contributed by atoms with E-state index in [0.717, 1.165) is 57.8 Å². The SMILES string of the molecule is CCCCCC(=O)N1CN(C(=O)CCCCC)CN(C(=O)CCCCC)C1. The molecule has 0 unspecified atom stereocenters. The third-order valence-electron chi connectivity index (χ3n) is 5.06. The molecule has 6 heteroatoms. The lowest BCUT2D eigenvalue weighted by molar-refractivity contribution is -0.158. The van der Waals surface area contributed by atoms with Gasteiger partial charge in [-0.3, -0.25) is 14.4 Å². The average Bonchev–Trinajstić information content (AvgIpc) is 2.67. The fraction of sp³-hybridized carbons (Fsp3) is 0.857. The molecule has 0 spiro atoms. The van der Waals surface area contributed by atoms with Crippen LogP contribution in [-0.4, -0.2) is 52.4 Å². The molecule has 156 valence electrons. The fourth-order valence-electron chi connectivity index (χ4n) is 3.28. The molecule has 27 heavy (non-hydrogen) atoms. The molecular formula is C21H39N3O3. The van der Waals surface area contributed by atoms with Crippen LogP contribution < -0.4 is 0 Å². The lowest BCUT2D eigenvalue weighted by Gasteiger charge is -2.42. The van der Waals surface area contributed by atoms with Gasteiger partial charge >= 0.3 is 0 Å². The summed E-state index contributed by atoms with van der Waals surface area (Å²) < 4.78 is 0. The second kappa shape index (κ2) is 13.6. The topological polar surface area (TPSA) is 60.9 Å². The molecule has 1 aliphatic heterocycles. The number of hydrogen-bond acceptors (Lipinski definition) is 3. The van der Waals surface area contributed by atoms with Gasteiger partial charge in [-0.1, -0.05) is 59.3 Å². The highest BCUT2D eigenvalue weighted by Gasteiger charge is 2.31. The zero-order valence-electron chi connectivity index (χ0n) is 17.7. The van der Waals surface area contributed by atoms with Crippen LogP contribution in [-0.2, 0) is 14.4 Å². The van der Waals surface area contributed by atoms with Crippen LogP contribution in [0.2, 0.25) is 0 Å². The summed E-state index contributed by atoms with van der Waals surface area (Å²) in [5.74, 6) is 0.127. The zero-order chi connectivity index (χ0) is 20.1. The van der Waals surface area contributed by atoms with Crippen molar-refractivity contribution in [3.05, 3.63) is 0 Å². The maximum Gasteiger partial charge on any atom is 0.225 e. The average molecular weight is 382 g/mol. The Morgan fingerprint density at radius 2 is 0.778 bits per heavy atom. The predicted molar refractivity (Wildman–Crippen MR) is 108 cm³/mol. The standard InChI is InChI=1S/C21H39N3O3/c1-4-7-10-13-19(25)22-16-23(20(26)14-11-8-5-2)18-24(17-22)21(27)15-12-9-6-3/h4-18H2,1-3H3. The molecule has 0 saturated carbocycles. The third-order valence-corrected chi connectivity index (χ3v) is 5.06. The van der Waals surface area contributed by atoms with Gasteiger partial charge in [-0.05, 0) is 19.3 Å². The number of carbonyl (C=O) groups excluding carboxylic acids is 3. The van der Waals surface area contributed by atoms with Crippen molar-refractivity contribution < 1.29 is 14.4 Å². The lowest BCUT2D eigenvalue weighted by atomic mass is 10.1. The Kier molecular flexibility index (Phi) is 11.8. The normalized spacial score (nSPS) is 14.6. The van der Waals surface area contributed by atoms with E-state index in [1.165, 1.54) is 0 Å². The molecule has 0 bridgehead atoms. The molecule has 0 aromatic heterocycles. The summed E-state index contributed by atoms with van der Waals surface area (Å²) in [6.45, 7) is 7.27. The van der Waals surface area contributed by atoms with Gasteiger partial charge in [0.05, 0.1) is 20.0 Å². The minimum Gasteiger partial charge on any atom is -0.307 e. The highest BCUT2D eigenvalue weighted by atomic mass is 16.2. The van der Waals surface area contributed by atoms with E-state index in [0.29, 0.717) is 39.3 Å². The minimum absolute atomic E-state index is 0.0425. The number of rotatable bonds is 12. The maximum absolute atomic E-state index is 12.6. The van der Waals surface area contributed by atoms with Crippen LogP contribution in [0, 0.1) is 0 Å². The van der Waals surface area contributed by atoms with E-state index in [2.05, 4.69) is 20.8 Å². The van der Waals surface area contributed by atoms with E-state index < -0.39 is 0 Å². The first-order valence-corrected chi connectivity index (χ1v) is 10.9. The quantitative estimate of drug-likeness (QED) is 0.478. The first kappa shape index (κ1) is 23.4. The molecule has 0 N–H and O–H groups in total. The zero-order valence-corrected chi connectivity index (χ0v) is 17.7. The summed E-state index contributed by atoms with van der Waals surface area (Å²) in [5, 5.41) is 0. The lowest BCUT2D eigenvalue weighted by Crippen LogP contribution is -2.59. The summed E-state index contributed by atoms with van der Waals surface area (Å²) >= 11 is 0. The Morgan fingerprint density at radius 1 is 0.519 bits per heavy atom. The molecule has 0 aliphatic carbocycles. The number of amides is 3. The van der Waals surface area contributed by atoms with Crippen molar-refractivity contribution in [2.45, 2.75) is 97.8 Å². The Bertz CT molecular complexity index is 395. The van der Waals surface area contributed by atoms with Gasteiger partial charge in [0.25, 0.3) is 0 Å². The van der Waals surface area contributed by atoms with Crippen LogP contribution in [0.1, 0.15) is 97.8 Å². The van der Waals surface area contributed by atoms with Crippen molar-refractivity contribution in [1.82, 2.24) is 14.7 Å². The van der Waals surface area contributed by atoms with Gasteiger partial charge in [-0.2, -0.15) is 0 Å². The van der Waals surface area contributed by atoms with Crippen LogP contribution in [0.4, 0.5) is 0 Å². The Morgan fingerprint density at radius 3 is 1.00 bits per heavy atom. The molecule has 1 saturated heterocycles. The van der Waals surface area contributed by atoms with Crippen LogP contribution in [0.5, 0.6) is 0 Å². The van der Waals surface area contributed by atoms with Gasteiger partial charge in [0.1, 0.15) is 0 Å². The van der Waals surface area contributed by atoms with Crippen molar-refractivity contribution in [2.75, 3.05) is 20.0 Å². The molecule has 0 radical (unpaired) electrons. The van der Waals surface area contributed by atoms with Gasteiger partial charge in [-0.25, -0.2) is 0 Å². The predicted octanol–water partition coefficient (Wildman–Crippen LogP) is 4.10. The molecule has 0 atom stereocenters. The Labute approximate surface area is 165 Å². The molecule has 3 amide bonds. The van der Waals surface area contributed by atoms with Crippen molar-refractivity contribution >= 4 is 17.7 Å². The highest BCUT2D eigenvalue weighted by molar-refractivity contribution is 5.82. The van der Waals surface area contributed by atoms with Crippen molar-refractivity contribution in [1.29, 1.82) is 0 Å². The second-order valence-electron chi connectivity index (χ2n) is 7.60. The van der Waals surface area contributed by atoms with Crippen LogP contribution in [0.25, 0.3) is 0 Å². The number of carbonyl (C=O) groups is 3. The number of unbranched alkanes of at least 4 members (excludes halogenated alkanes) is 6. The van der Waals surface area contributed by atoms with Gasteiger partial charge in [0.2, 0.25) is 17.7 Å². The second-order valence-corrected chi connectivity index (χ2v) is 7.60. The third kappa shape index (κ3) is 8.76. The summed E-state index contributed by atoms with van der Waals surface area (Å²) in [7, 11) is 0. The molecule has 1 rings (SSSR count). The molecule has 1 heterocycles. The van der Waals surface area contributed by atoms with Gasteiger partial charge in [0, 0.05) is 19.3 Å². The maximum atomic E-state index is 12.6. The Hall–Kier alpha value is -1.59. The smallest absolute Gasteiger partial charge is 0.225 e. The molecule has 6 nitrogen and oxygen atoms in total. The van der Waals surface area contributed by atoms with E-state index >= 15 is 0 Å². The summed E-state index contributed by atoms with van der Waals surface area (Å²) in [4.78, 5) is 42.8. The summed E-state index contributed by atoms with van der Waals surface area (Å²) in [6, 6.07) is 0. The Balaban J connectivity index is 2.71. The van der Waals surface area contributed by atoms with Crippen molar-refractivity contribution in [2.24, 2.45) is 0 Å². The monoisotopic (exact) mass is 381 g/mol. The van der Waals surface area contributed by atoms with Crippen LogP contribution in [0.15, 0.2) is 0 Å². The van der Waals surface area contributed by atoms with Crippen LogP contribution >= 0.6 is 0 Å². The van der Waals surface area contributed by atoms with Gasteiger partial charge in [0.15, 0.2) is 0 Å². The number of nitrogens with zero attached hydrogens (tertiary/aromatic N) is 3. The van der Waals surface area contributed by atoms with Crippen LogP contribution in [0.3, 0.4) is 0 Å². The van der Waals surface area contributed by atoms with Crippen molar-refractivity contribution in [3.8, 4) is 0 Å². The van der Waals surface area contributed by atoms with E-state index in [-0.39, 0.29) is 17.7 Å². The minimum atomic E-state index is 0.0425. The molecular weight excluding hydrogens is 342 g/mol. The van der Waals surface area contributed by atoms with E-state index in [9.17, 15) is 14.4 Å². The summed E-state index contributed by atoms with van der Waals surface area (Å²) in [5.41, 5.74) is 0. The summed E-state index contributed by atoms with van der Waals surface area (Å²) in [6.07, 6.45) is 10.3. The number of hydrogen-bond donors (Lipinski definition) is 0. The highest BCUT2D eigenvalue weighted by Crippen LogP contribution is 2.15. The van der Waals surface area contributed by atoms with E-state index in [1.807, 2.05) is 0 Å². The van der Waals surface area contributed by atoms with Gasteiger partial charge in [-0.15, -0.1) is 0 Å². The first-order chi connectivity index (χ1) is 13.0. The molecule has 0 aromatic rings. The first-order valence-electron chi connectivity index (χ1n) is 10.9. The largest absolute Gasteiger partial charge is 0.307 e. The fourth-order valence-corrected chi connectivity index (χ4v) is 3.28. The van der Waals surface area contributed by atoms with E-state index in [4.69, 9.17) is 0 Å². The molecule has 1 aliphatic rings.